The molecule has 0 fully saturated rings. The summed E-state index contributed by atoms with van der Waals surface area (Å²) < 4.78 is 5.31. The maximum atomic E-state index is 12.6. The fourth-order valence-electron chi connectivity index (χ4n) is 2.74. The van der Waals surface area contributed by atoms with Crippen LogP contribution in [-0.4, -0.2) is 18.4 Å². The minimum atomic E-state index is -0.239. The third kappa shape index (κ3) is 5.31. The molecule has 0 saturated carbocycles. The second-order valence-corrected chi connectivity index (χ2v) is 6.38. The maximum absolute atomic E-state index is 12.6. The second kappa shape index (κ2) is 9.53. The SMILES string of the molecule is CC(NCC(=O)Nc1ccccc1C(=O)NCc1ccccc1)c1ccco1. The smallest absolute Gasteiger partial charge is 0.253 e. The van der Waals surface area contributed by atoms with Crippen LogP contribution in [-0.2, 0) is 11.3 Å². The van der Waals surface area contributed by atoms with Crippen LogP contribution in [0.3, 0.4) is 0 Å². The van der Waals surface area contributed by atoms with Gasteiger partial charge >= 0.3 is 0 Å². The van der Waals surface area contributed by atoms with E-state index in [1.807, 2.05) is 43.3 Å². The molecule has 2 aromatic carbocycles. The Morgan fingerprint density at radius 3 is 2.46 bits per heavy atom. The van der Waals surface area contributed by atoms with Crippen LogP contribution >= 0.6 is 0 Å². The van der Waals surface area contributed by atoms with Crippen molar-refractivity contribution in [1.29, 1.82) is 0 Å². The van der Waals surface area contributed by atoms with Crippen LogP contribution in [0.25, 0.3) is 0 Å². The number of benzene rings is 2. The van der Waals surface area contributed by atoms with Crippen molar-refractivity contribution in [3.8, 4) is 0 Å². The molecule has 3 aromatic rings. The molecule has 0 aliphatic carbocycles. The van der Waals surface area contributed by atoms with E-state index in [9.17, 15) is 9.59 Å². The van der Waals surface area contributed by atoms with Crippen LogP contribution in [0, 0.1) is 0 Å². The monoisotopic (exact) mass is 377 g/mol. The van der Waals surface area contributed by atoms with Crippen LogP contribution < -0.4 is 16.0 Å². The van der Waals surface area contributed by atoms with Crippen LogP contribution in [0.4, 0.5) is 5.69 Å². The lowest BCUT2D eigenvalue weighted by molar-refractivity contribution is -0.115. The van der Waals surface area contributed by atoms with Crippen molar-refractivity contribution in [2.75, 3.05) is 11.9 Å². The molecule has 1 atom stereocenters. The van der Waals surface area contributed by atoms with Gasteiger partial charge in [0.05, 0.1) is 30.1 Å². The van der Waals surface area contributed by atoms with E-state index in [1.54, 1.807) is 36.6 Å². The van der Waals surface area contributed by atoms with Crippen molar-refractivity contribution in [2.45, 2.75) is 19.5 Å². The standard InChI is InChI=1S/C22H23N3O3/c1-16(20-12-7-13-28-20)23-15-21(26)25-19-11-6-5-10-18(19)22(27)24-14-17-8-3-2-4-9-17/h2-13,16,23H,14-15H2,1H3,(H,24,27)(H,25,26). The van der Waals surface area contributed by atoms with Crippen molar-refractivity contribution in [1.82, 2.24) is 10.6 Å². The summed E-state index contributed by atoms with van der Waals surface area (Å²) in [6, 6.07) is 20.2. The Labute approximate surface area is 164 Å². The van der Waals surface area contributed by atoms with Gasteiger partial charge in [-0.2, -0.15) is 0 Å². The van der Waals surface area contributed by atoms with E-state index in [0.717, 1.165) is 11.3 Å². The quantitative estimate of drug-likeness (QED) is 0.561. The zero-order valence-corrected chi connectivity index (χ0v) is 15.6. The van der Waals surface area contributed by atoms with Gasteiger partial charge in [-0.3, -0.25) is 14.9 Å². The lowest BCUT2D eigenvalue weighted by atomic mass is 10.1. The highest BCUT2D eigenvalue weighted by Crippen LogP contribution is 2.16. The molecule has 1 heterocycles. The maximum Gasteiger partial charge on any atom is 0.253 e. The van der Waals surface area contributed by atoms with Gasteiger partial charge in [0.1, 0.15) is 5.76 Å². The van der Waals surface area contributed by atoms with Gasteiger partial charge in [0, 0.05) is 6.54 Å². The van der Waals surface area contributed by atoms with Gasteiger partial charge in [-0.1, -0.05) is 42.5 Å². The average molecular weight is 377 g/mol. The molecule has 1 unspecified atom stereocenters. The fraction of sp³-hybridized carbons (Fsp3) is 0.182. The number of amides is 2. The predicted molar refractivity (Wildman–Crippen MR) is 108 cm³/mol. The van der Waals surface area contributed by atoms with Crippen LogP contribution in [0.15, 0.2) is 77.4 Å². The third-order valence-corrected chi connectivity index (χ3v) is 4.28. The van der Waals surface area contributed by atoms with E-state index in [4.69, 9.17) is 4.42 Å². The van der Waals surface area contributed by atoms with E-state index in [0.29, 0.717) is 17.8 Å². The highest BCUT2D eigenvalue weighted by Gasteiger charge is 2.14. The second-order valence-electron chi connectivity index (χ2n) is 6.38. The van der Waals surface area contributed by atoms with Gasteiger partial charge in [-0.25, -0.2) is 0 Å². The van der Waals surface area contributed by atoms with Crippen molar-refractivity contribution in [3.63, 3.8) is 0 Å². The number of hydrogen-bond donors (Lipinski definition) is 3. The average Bonchev–Trinajstić information content (AvgIpc) is 3.26. The summed E-state index contributed by atoms with van der Waals surface area (Å²) in [5.41, 5.74) is 1.91. The fourth-order valence-corrected chi connectivity index (χ4v) is 2.74. The molecule has 144 valence electrons. The number of furan rings is 1. The Hall–Kier alpha value is -3.38. The van der Waals surface area contributed by atoms with E-state index in [1.165, 1.54) is 0 Å². The number of rotatable bonds is 8. The molecular weight excluding hydrogens is 354 g/mol. The summed E-state index contributed by atoms with van der Waals surface area (Å²) in [4.78, 5) is 24.9. The minimum absolute atomic E-state index is 0.0924. The number of anilines is 1. The molecule has 6 nitrogen and oxygen atoms in total. The van der Waals surface area contributed by atoms with Crippen LogP contribution in [0.1, 0.15) is 34.6 Å². The lowest BCUT2D eigenvalue weighted by Gasteiger charge is -2.14. The predicted octanol–water partition coefficient (Wildman–Crippen LogP) is 3.50. The van der Waals surface area contributed by atoms with Crippen molar-refractivity contribution in [3.05, 3.63) is 89.9 Å². The lowest BCUT2D eigenvalue weighted by Crippen LogP contribution is -2.31. The zero-order chi connectivity index (χ0) is 19.8. The Morgan fingerprint density at radius 2 is 1.71 bits per heavy atom. The third-order valence-electron chi connectivity index (χ3n) is 4.28. The number of carbonyl (C=O) groups excluding carboxylic acids is 2. The van der Waals surface area contributed by atoms with Gasteiger partial charge in [0.15, 0.2) is 0 Å². The summed E-state index contributed by atoms with van der Waals surface area (Å²) in [5, 5.41) is 8.77. The number of nitrogens with one attached hydrogen (secondary N) is 3. The van der Waals surface area contributed by atoms with Gasteiger partial charge in [-0.05, 0) is 36.8 Å². The Bertz CT molecular complexity index is 908. The van der Waals surface area contributed by atoms with Crippen LogP contribution in [0.5, 0.6) is 0 Å². The molecule has 0 spiro atoms. The molecule has 3 N–H and O–H groups in total. The normalized spacial score (nSPS) is 11.6. The first-order chi connectivity index (χ1) is 13.6. The molecule has 3 rings (SSSR count). The molecule has 1 aromatic heterocycles. The Balaban J connectivity index is 1.56. The van der Waals surface area contributed by atoms with E-state index < -0.39 is 0 Å². The number of carbonyl (C=O) groups is 2. The molecule has 0 aliphatic rings. The molecule has 0 bridgehead atoms. The van der Waals surface area contributed by atoms with E-state index in [2.05, 4.69) is 16.0 Å². The van der Waals surface area contributed by atoms with Crippen LogP contribution in [0.2, 0.25) is 0 Å². The Kier molecular flexibility index (Phi) is 6.59. The molecule has 28 heavy (non-hydrogen) atoms. The summed E-state index contributed by atoms with van der Waals surface area (Å²) in [7, 11) is 0. The van der Waals surface area contributed by atoms with Gasteiger partial charge in [-0.15, -0.1) is 0 Å². The van der Waals surface area contributed by atoms with Crippen molar-refractivity contribution in [2.24, 2.45) is 0 Å². The summed E-state index contributed by atoms with van der Waals surface area (Å²) in [6.45, 7) is 2.43. The summed E-state index contributed by atoms with van der Waals surface area (Å²) in [6.07, 6.45) is 1.60. The highest BCUT2D eigenvalue weighted by molar-refractivity contribution is 6.04. The number of hydrogen-bond acceptors (Lipinski definition) is 4. The number of para-hydroxylation sites is 1. The van der Waals surface area contributed by atoms with Crippen molar-refractivity contribution < 1.29 is 14.0 Å². The zero-order valence-electron chi connectivity index (χ0n) is 15.6. The van der Waals surface area contributed by atoms with Gasteiger partial charge < -0.3 is 15.1 Å². The first-order valence-corrected chi connectivity index (χ1v) is 9.11. The highest BCUT2D eigenvalue weighted by atomic mass is 16.3. The van der Waals surface area contributed by atoms with Gasteiger partial charge in [0.2, 0.25) is 5.91 Å². The molecule has 0 aliphatic heterocycles. The van der Waals surface area contributed by atoms with Gasteiger partial charge in [0.25, 0.3) is 5.91 Å². The molecular formula is C22H23N3O3. The van der Waals surface area contributed by atoms with Crippen molar-refractivity contribution >= 4 is 17.5 Å². The Morgan fingerprint density at radius 1 is 0.964 bits per heavy atom. The molecule has 0 radical (unpaired) electrons. The summed E-state index contributed by atoms with van der Waals surface area (Å²) >= 11 is 0. The first kappa shape index (κ1) is 19.4. The molecule has 0 saturated heterocycles. The summed E-state index contributed by atoms with van der Waals surface area (Å²) in [5.74, 6) is 0.284. The molecule has 6 heteroatoms. The molecule has 2 amide bonds. The largest absolute Gasteiger partial charge is 0.468 e. The van der Waals surface area contributed by atoms with E-state index in [-0.39, 0.29) is 24.4 Å². The van der Waals surface area contributed by atoms with E-state index >= 15 is 0 Å². The minimum Gasteiger partial charge on any atom is -0.468 e. The topological polar surface area (TPSA) is 83.4 Å². The first-order valence-electron chi connectivity index (χ1n) is 9.11.